The topological polar surface area (TPSA) is 38.4 Å². The summed E-state index contributed by atoms with van der Waals surface area (Å²) >= 11 is 0. The van der Waals surface area contributed by atoms with Crippen LogP contribution in [0.3, 0.4) is 0 Å². The number of oxazole rings is 1. The highest BCUT2D eigenvalue weighted by molar-refractivity contribution is 5.72. The Balaban J connectivity index is 1.60. The van der Waals surface area contributed by atoms with E-state index in [1.807, 2.05) is 24.3 Å². The Morgan fingerprint density at radius 3 is 2.75 bits per heavy atom. The molecule has 108 valence electrons. The number of piperidine rings is 1. The molecule has 1 aliphatic rings. The van der Waals surface area contributed by atoms with Crippen LogP contribution in [0.1, 0.15) is 26.2 Å². The Morgan fingerprint density at radius 1 is 1.20 bits per heavy atom. The number of likely N-dealkylation sites (tertiary alicyclic amines) is 1. The zero-order valence-electron chi connectivity index (χ0n) is 12.0. The highest BCUT2D eigenvalue weighted by Crippen LogP contribution is 2.16. The van der Waals surface area contributed by atoms with Crippen molar-refractivity contribution in [1.29, 1.82) is 0 Å². The molecule has 0 bridgehead atoms. The van der Waals surface area contributed by atoms with Gasteiger partial charge in [-0.2, -0.15) is 0 Å². The predicted molar refractivity (Wildman–Crippen MR) is 79.9 cm³/mol. The maximum atomic E-state index is 11.8. The van der Waals surface area contributed by atoms with Crippen molar-refractivity contribution in [3.8, 4) is 0 Å². The van der Waals surface area contributed by atoms with E-state index >= 15 is 0 Å². The van der Waals surface area contributed by atoms with Gasteiger partial charge in [0.05, 0.1) is 5.52 Å². The SMILES string of the molecule is CC1CCN(CCCn2c(=O)oc3ccccc32)CC1. The number of benzene rings is 1. The first-order chi connectivity index (χ1) is 9.74. The van der Waals surface area contributed by atoms with E-state index in [2.05, 4.69) is 11.8 Å². The largest absolute Gasteiger partial charge is 0.419 e. The number of rotatable bonds is 4. The minimum Gasteiger partial charge on any atom is -0.408 e. The molecule has 2 aromatic rings. The van der Waals surface area contributed by atoms with E-state index in [9.17, 15) is 4.79 Å². The molecule has 1 aromatic carbocycles. The molecule has 1 fully saturated rings. The van der Waals surface area contributed by atoms with Gasteiger partial charge in [0.25, 0.3) is 0 Å². The van der Waals surface area contributed by atoms with Gasteiger partial charge >= 0.3 is 5.76 Å². The van der Waals surface area contributed by atoms with Crippen LogP contribution in [0.4, 0.5) is 0 Å². The molecule has 1 saturated heterocycles. The van der Waals surface area contributed by atoms with Crippen molar-refractivity contribution < 1.29 is 4.42 Å². The summed E-state index contributed by atoms with van der Waals surface area (Å²) in [6.07, 6.45) is 3.60. The first-order valence-corrected chi connectivity index (χ1v) is 7.55. The average Bonchev–Trinajstić information content (AvgIpc) is 2.77. The molecular weight excluding hydrogens is 252 g/mol. The summed E-state index contributed by atoms with van der Waals surface area (Å²) in [5, 5.41) is 0. The smallest absolute Gasteiger partial charge is 0.408 e. The fraction of sp³-hybridized carbons (Fsp3) is 0.562. The van der Waals surface area contributed by atoms with Crippen molar-refractivity contribution >= 4 is 11.1 Å². The fourth-order valence-electron chi connectivity index (χ4n) is 2.96. The van der Waals surface area contributed by atoms with Crippen LogP contribution in [0.25, 0.3) is 11.1 Å². The van der Waals surface area contributed by atoms with Gasteiger partial charge in [-0.1, -0.05) is 19.1 Å². The molecule has 0 unspecified atom stereocenters. The quantitative estimate of drug-likeness (QED) is 0.860. The fourth-order valence-corrected chi connectivity index (χ4v) is 2.96. The molecule has 4 heteroatoms. The molecule has 0 aliphatic carbocycles. The second-order valence-corrected chi connectivity index (χ2v) is 5.87. The molecule has 0 saturated carbocycles. The molecule has 20 heavy (non-hydrogen) atoms. The van der Waals surface area contributed by atoms with Gasteiger partial charge in [-0.15, -0.1) is 0 Å². The zero-order chi connectivity index (χ0) is 13.9. The van der Waals surface area contributed by atoms with Gasteiger partial charge in [-0.05, 0) is 56.9 Å². The van der Waals surface area contributed by atoms with E-state index in [-0.39, 0.29) is 5.76 Å². The number of fused-ring (bicyclic) bond motifs is 1. The number of aryl methyl sites for hydroxylation is 1. The van der Waals surface area contributed by atoms with E-state index in [1.54, 1.807) is 4.57 Å². The standard InChI is InChI=1S/C16H22N2O2/c1-13-7-11-17(12-8-13)9-4-10-18-14-5-2-3-6-15(14)20-16(18)19/h2-3,5-6,13H,4,7-12H2,1H3. The summed E-state index contributed by atoms with van der Waals surface area (Å²) in [6.45, 7) is 6.53. The third-order valence-electron chi connectivity index (χ3n) is 4.31. The molecule has 2 heterocycles. The molecule has 1 aromatic heterocycles. The molecule has 0 spiro atoms. The normalized spacial score (nSPS) is 17.9. The van der Waals surface area contributed by atoms with Crippen LogP contribution in [0.15, 0.2) is 33.5 Å². The van der Waals surface area contributed by atoms with Gasteiger partial charge in [-0.3, -0.25) is 4.57 Å². The Bertz CT molecular complexity index is 621. The van der Waals surface area contributed by atoms with Gasteiger partial charge in [0.2, 0.25) is 0 Å². The second-order valence-electron chi connectivity index (χ2n) is 5.87. The molecule has 0 atom stereocenters. The molecule has 1 aliphatic heterocycles. The summed E-state index contributed by atoms with van der Waals surface area (Å²) in [7, 11) is 0. The van der Waals surface area contributed by atoms with Crippen molar-refractivity contribution in [3.63, 3.8) is 0 Å². The summed E-state index contributed by atoms with van der Waals surface area (Å²) < 4.78 is 7.00. The Morgan fingerprint density at radius 2 is 1.95 bits per heavy atom. The Labute approximate surface area is 119 Å². The maximum Gasteiger partial charge on any atom is 0.419 e. The van der Waals surface area contributed by atoms with Crippen LogP contribution >= 0.6 is 0 Å². The van der Waals surface area contributed by atoms with Crippen molar-refractivity contribution in [2.45, 2.75) is 32.7 Å². The summed E-state index contributed by atoms with van der Waals surface area (Å²) in [4.78, 5) is 14.4. The average molecular weight is 274 g/mol. The Kier molecular flexibility index (Phi) is 3.92. The zero-order valence-corrected chi connectivity index (χ0v) is 12.0. The van der Waals surface area contributed by atoms with E-state index in [0.29, 0.717) is 5.58 Å². The van der Waals surface area contributed by atoms with Gasteiger partial charge in [0.1, 0.15) is 0 Å². The highest BCUT2D eigenvalue weighted by atomic mass is 16.4. The lowest BCUT2D eigenvalue weighted by Gasteiger charge is -2.30. The van der Waals surface area contributed by atoms with Crippen LogP contribution in [-0.4, -0.2) is 29.1 Å². The third kappa shape index (κ3) is 2.80. The lowest BCUT2D eigenvalue weighted by molar-refractivity contribution is 0.188. The van der Waals surface area contributed by atoms with E-state index in [0.717, 1.165) is 30.9 Å². The number of para-hydroxylation sites is 2. The van der Waals surface area contributed by atoms with E-state index in [4.69, 9.17) is 4.42 Å². The number of hydrogen-bond donors (Lipinski definition) is 0. The minimum atomic E-state index is -0.238. The maximum absolute atomic E-state index is 11.8. The van der Waals surface area contributed by atoms with Crippen LogP contribution in [0.5, 0.6) is 0 Å². The first-order valence-electron chi connectivity index (χ1n) is 7.55. The van der Waals surface area contributed by atoms with Crippen molar-refractivity contribution in [2.75, 3.05) is 19.6 Å². The van der Waals surface area contributed by atoms with Crippen LogP contribution in [0, 0.1) is 5.92 Å². The molecular formula is C16H22N2O2. The lowest BCUT2D eigenvalue weighted by atomic mass is 9.99. The molecule has 0 amide bonds. The monoisotopic (exact) mass is 274 g/mol. The number of aromatic nitrogens is 1. The predicted octanol–water partition coefficient (Wildman–Crippen LogP) is 2.72. The molecule has 0 N–H and O–H groups in total. The van der Waals surface area contributed by atoms with Gasteiger partial charge in [0, 0.05) is 6.54 Å². The summed E-state index contributed by atoms with van der Waals surface area (Å²) in [5.74, 6) is 0.630. The first kappa shape index (κ1) is 13.4. The van der Waals surface area contributed by atoms with Crippen molar-refractivity contribution in [1.82, 2.24) is 9.47 Å². The van der Waals surface area contributed by atoms with Gasteiger partial charge in [-0.25, -0.2) is 4.79 Å². The molecule has 0 radical (unpaired) electrons. The summed E-state index contributed by atoms with van der Waals surface area (Å²) in [6, 6.07) is 7.63. The minimum absolute atomic E-state index is 0.238. The highest BCUT2D eigenvalue weighted by Gasteiger charge is 2.15. The Hall–Kier alpha value is -1.55. The number of hydrogen-bond acceptors (Lipinski definition) is 3. The van der Waals surface area contributed by atoms with Crippen LogP contribution < -0.4 is 5.76 Å². The molecule has 3 rings (SSSR count). The van der Waals surface area contributed by atoms with Crippen molar-refractivity contribution in [2.24, 2.45) is 5.92 Å². The van der Waals surface area contributed by atoms with E-state index in [1.165, 1.54) is 25.9 Å². The third-order valence-corrected chi connectivity index (χ3v) is 4.31. The summed E-state index contributed by atoms with van der Waals surface area (Å²) in [5.41, 5.74) is 1.59. The van der Waals surface area contributed by atoms with Crippen LogP contribution in [-0.2, 0) is 6.54 Å². The lowest BCUT2D eigenvalue weighted by Crippen LogP contribution is -2.34. The van der Waals surface area contributed by atoms with Gasteiger partial charge < -0.3 is 9.32 Å². The molecule has 4 nitrogen and oxygen atoms in total. The second kappa shape index (κ2) is 5.83. The van der Waals surface area contributed by atoms with E-state index < -0.39 is 0 Å². The van der Waals surface area contributed by atoms with Gasteiger partial charge in [0.15, 0.2) is 5.58 Å². The number of nitrogens with zero attached hydrogens (tertiary/aromatic N) is 2. The van der Waals surface area contributed by atoms with Crippen LogP contribution in [0.2, 0.25) is 0 Å². The van der Waals surface area contributed by atoms with Crippen molar-refractivity contribution in [3.05, 3.63) is 34.8 Å².